The van der Waals surface area contributed by atoms with Gasteiger partial charge < -0.3 is 15.4 Å². The summed E-state index contributed by atoms with van der Waals surface area (Å²) >= 11 is 0. The molecule has 3 aromatic rings. The number of hydrogen-bond donors (Lipinski definition) is 3. The molecule has 1 fully saturated rings. The van der Waals surface area contributed by atoms with Crippen LogP contribution < -0.4 is 15.5 Å². The predicted octanol–water partition coefficient (Wildman–Crippen LogP) is 2.50. The third kappa shape index (κ3) is 5.32. The highest BCUT2D eigenvalue weighted by Crippen LogP contribution is 2.32. The second kappa shape index (κ2) is 9.74. The highest BCUT2D eigenvalue weighted by molar-refractivity contribution is 5.90. The van der Waals surface area contributed by atoms with Gasteiger partial charge in [-0.05, 0) is 23.3 Å². The zero-order valence-electron chi connectivity index (χ0n) is 17.8. The first-order valence-corrected chi connectivity index (χ1v) is 10.3. The smallest absolute Gasteiger partial charge is 0.414 e. The van der Waals surface area contributed by atoms with Gasteiger partial charge in [-0.25, -0.2) is 13.6 Å². The summed E-state index contributed by atoms with van der Waals surface area (Å²) in [5.74, 6) is -1.84. The number of amides is 2. The van der Waals surface area contributed by atoms with Crippen LogP contribution in [-0.2, 0) is 22.6 Å². The molecule has 9 nitrogen and oxygen atoms in total. The fourth-order valence-corrected chi connectivity index (χ4v) is 3.52. The lowest BCUT2D eigenvalue weighted by Crippen LogP contribution is -2.33. The third-order valence-electron chi connectivity index (χ3n) is 5.14. The average molecular weight is 456 g/mol. The van der Waals surface area contributed by atoms with Gasteiger partial charge in [0, 0.05) is 20.0 Å². The lowest BCUT2D eigenvalue weighted by Gasteiger charge is -2.15. The van der Waals surface area contributed by atoms with Gasteiger partial charge in [0.2, 0.25) is 5.91 Å². The highest BCUT2D eigenvalue weighted by atomic mass is 19.1. The number of cyclic esters (lactones) is 1. The number of ether oxygens (including phenoxy) is 1. The van der Waals surface area contributed by atoms with E-state index in [2.05, 4.69) is 26.0 Å². The van der Waals surface area contributed by atoms with Crippen molar-refractivity contribution in [3.05, 3.63) is 65.5 Å². The number of aromatic nitrogens is 3. The molecule has 0 radical (unpaired) electrons. The van der Waals surface area contributed by atoms with Gasteiger partial charge in [0.1, 0.15) is 17.7 Å². The monoisotopic (exact) mass is 456 g/mol. The highest BCUT2D eigenvalue weighted by Gasteiger charge is 2.33. The van der Waals surface area contributed by atoms with Crippen molar-refractivity contribution in [1.29, 1.82) is 0 Å². The van der Waals surface area contributed by atoms with E-state index < -0.39 is 23.8 Å². The molecule has 2 aromatic carbocycles. The Balaban J connectivity index is 1.43. The van der Waals surface area contributed by atoms with Crippen LogP contribution in [0.1, 0.15) is 18.2 Å². The standard InChI is InChI=1S/C22H22F2N6O3/c1-13(31)26-11-18-12-30(22(32)33-18)17-6-19(23)21(20(24)7-17)15-4-2-14(3-5-15)8-25-9-16-10-27-29-28-16/h2-7,10,18,25H,8-9,11-12H2,1H3,(H,26,31)(H,27,28,29)/t18-/m0/s1. The third-order valence-corrected chi connectivity index (χ3v) is 5.14. The minimum absolute atomic E-state index is 0.0539. The first-order valence-electron chi connectivity index (χ1n) is 10.3. The van der Waals surface area contributed by atoms with Crippen molar-refractivity contribution in [1.82, 2.24) is 26.0 Å². The number of H-pyrrole nitrogens is 1. The zero-order valence-corrected chi connectivity index (χ0v) is 17.8. The molecular formula is C22H22F2N6O3. The van der Waals surface area contributed by atoms with E-state index in [-0.39, 0.29) is 30.2 Å². The molecule has 0 saturated carbocycles. The Labute approximate surface area is 188 Å². The van der Waals surface area contributed by atoms with Crippen molar-refractivity contribution in [3.8, 4) is 11.1 Å². The van der Waals surface area contributed by atoms with Gasteiger partial charge in [-0.2, -0.15) is 0 Å². The lowest BCUT2D eigenvalue weighted by atomic mass is 10.0. The number of carbonyl (C=O) groups excluding carboxylic acids is 2. The maximum atomic E-state index is 14.9. The van der Waals surface area contributed by atoms with E-state index in [1.165, 1.54) is 6.92 Å². The Kier molecular flexibility index (Phi) is 6.59. The molecule has 4 rings (SSSR count). The van der Waals surface area contributed by atoms with Crippen molar-refractivity contribution in [2.75, 3.05) is 18.0 Å². The van der Waals surface area contributed by atoms with E-state index in [1.807, 2.05) is 0 Å². The van der Waals surface area contributed by atoms with Crippen LogP contribution in [0.2, 0.25) is 0 Å². The van der Waals surface area contributed by atoms with Crippen molar-refractivity contribution in [3.63, 3.8) is 0 Å². The minimum Gasteiger partial charge on any atom is -0.442 e. The van der Waals surface area contributed by atoms with E-state index in [9.17, 15) is 18.4 Å². The number of hydrogen-bond acceptors (Lipinski definition) is 6. The summed E-state index contributed by atoms with van der Waals surface area (Å²) < 4.78 is 34.9. The average Bonchev–Trinajstić information content (AvgIpc) is 3.42. The summed E-state index contributed by atoms with van der Waals surface area (Å²) in [5.41, 5.74) is 2.04. The van der Waals surface area contributed by atoms with Crippen molar-refractivity contribution in [2.45, 2.75) is 26.1 Å². The normalized spacial score (nSPS) is 15.5. The second-order valence-corrected chi connectivity index (χ2v) is 7.62. The molecule has 0 bridgehead atoms. The number of nitrogens with zero attached hydrogens (tertiary/aromatic N) is 3. The van der Waals surface area contributed by atoms with Gasteiger partial charge in [0.25, 0.3) is 0 Å². The molecule has 1 saturated heterocycles. The fraction of sp³-hybridized carbons (Fsp3) is 0.273. The number of halogens is 2. The summed E-state index contributed by atoms with van der Waals surface area (Å²) in [6.45, 7) is 2.66. The zero-order chi connectivity index (χ0) is 23.4. The van der Waals surface area contributed by atoms with Crippen molar-refractivity contribution in [2.24, 2.45) is 0 Å². The summed E-state index contributed by atoms with van der Waals surface area (Å²) in [4.78, 5) is 24.3. The first-order chi connectivity index (χ1) is 15.9. The molecule has 11 heteroatoms. The van der Waals surface area contributed by atoms with Crippen LogP contribution in [0.5, 0.6) is 0 Å². The van der Waals surface area contributed by atoms with E-state index >= 15 is 0 Å². The maximum absolute atomic E-state index is 14.9. The van der Waals surface area contributed by atoms with Crippen LogP contribution >= 0.6 is 0 Å². The predicted molar refractivity (Wildman–Crippen MR) is 115 cm³/mol. The van der Waals surface area contributed by atoms with Crippen LogP contribution in [-0.4, -0.2) is 46.6 Å². The van der Waals surface area contributed by atoms with Crippen LogP contribution in [0.3, 0.4) is 0 Å². The maximum Gasteiger partial charge on any atom is 0.414 e. The molecule has 3 N–H and O–H groups in total. The minimum atomic E-state index is -0.791. The number of nitrogens with one attached hydrogen (secondary N) is 3. The van der Waals surface area contributed by atoms with E-state index in [4.69, 9.17) is 4.74 Å². The number of benzene rings is 2. The first kappa shape index (κ1) is 22.3. The quantitative estimate of drug-likeness (QED) is 0.480. The Bertz CT molecular complexity index is 1110. The van der Waals surface area contributed by atoms with Gasteiger partial charge in [-0.3, -0.25) is 14.8 Å². The molecule has 172 valence electrons. The molecular weight excluding hydrogens is 434 g/mol. The lowest BCUT2D eigenvalue weighted by molar-refractivity contribution is -0.119. The number of rotatable bonds is 8. The van der Waals surface area contributed by atoms with E-state index in [1.54, 1.807) is 30.5 Å². The number of carbonyl (C=O) groups is 2. The fourth-order valence-electron chi connectivity index (χ4n) is 3.52. The Morgan fingerprint density at radius 3 is 2.58 bits per heavy atom. The molecule has 1 aliphatic heterocycles. The van der Waals surface area contributed by atoms with E-state index in [0.717, 1.165) is 28.3 Å². The largest absolute Gasteiger partial charge is 0.442 e. The summed E-state index contributed by atoms with van der Waals surface area (Å²) in [7, 11) is 0. The van der Waals surface area contributed by atoms with Gasteiger partial charge in [-0.1, -0.05) is 29.5 Å². The van der Waals surface area contributed by atoms with Gasteiger partial charge in [0.15, 0.2) is 0 Å². The Morgan fingerprint density at radius 1 is 1.21 bits per heavy atom. The van der Waals surface area contributed by atoms with E-state index in [0.29, 0.717) is 18.7 Å². The van der Waals surface area contributed by atoms with Gasteiger partial charge in [-0.15, -0.1) is 5.10 Å². The SMILES string of the molecule is CC(=O)NC[C@H]1CN(c2cc(F)c(-c3ccc(CNCc4cnn[nH]4)cc3)c(F)c2)C(=O)O1. The molecule has 1 atom stereocenters. The van der Waals surface area contributed by atoms with Crippen molar-refractivity contribution < 1.29 is 23.1 Å². The summed E-state index contributed by atoms with van der Waals surface area (Å²) in [5, 5.41) is 15.9. The summed E-state index contributed by atoms with van der Waals surface area (Å²) in [6, 6.07) is 9.06. The summed E-state index contributed by atoms with van der Waals surface area (Å²) in [6.07, 6.45) is 0.300. The van der Waals surface area contributed by atoms with Crippen LogP contribution in [0.4, 0.5) is 19.3 Å². The van der Waals surface area contributed by atoms with Gasteiger partial charge in [0.05, 0.1) is 36.2 Å². The molecule has 0 spiro atoms. The van der Waals surface area contributed by atoms with Gasteiger partial charge >= 0.3 is 6.09 Å². The van der Waals surface area contributed by atoms with Crippen LogP contribution in [0, 0.1) is 11.6 Å². The van der Waals surface area contributed by atoms with Crippen molar-refractivity contribution >= 4 is 17.7 Å². The molecule has 2 amide bonds. The molecule has 33 heavy (non-hydrogen) atoms. The number of anilines is 1. The topological polar surface area (TPSA) is 112 Å². The Hall–Kier alpha value is -3.86. The Morgan fingerprint density at radius 2 is 1.94 bits per heavy atom. The van der Waals surface area contributed by atoms with Crippen LogP contribution in [0.15, 0.2) is 42.6 Å². The molecule has 1 aromatic heterocycles. The molecule has 2 heterocycles. The van der Waals surface area contributed by atoms with Crippen LogP contribution in [0.25, 0.3) is 11.1 Å². The molecule has 1 aliphatic rings. The second-order valence-electron chi connectivity index (χ2n) is 7.62. The molecule has 0 aliphatic carbocycles. The number of aromatic amines is 1. The molecule has 0 unspecified atom stereocenters.